The summed E-state index contributed by atoms with van der Waals surface area (Å²) in [5, 5.41) is 0. The van der Waals surface area contributed by atoms with Crippen LogP contribution < -0.4 is 4.74 Å². The van der Waals surface area contributed by atoms with E-state index < -0.39 is 0 Å². The first-order valence-electron chi connectivity index (χ1n) is 6.78. The van der Waals surface area contributed by atoms with E-state index in [4.69, 9.17) is 4.74 Å². The molecule has 0 saturated heterocycles. The quantitative estimate of drug-likeness (QED) is 0.501. The van der Waals surface area contributed by atoms with Gasteiger partial charge in [0.25, 0.3) is 0 Å². The molecule has 1 heterocycles. The minimum Gasteiger partial charge on any atom is -0.455 e. The van der Waals surface area contributed by atoms with Gasteiger partial charge < -0.3 is 4.74 Å². The van der Waals surface area contributed by atoms with Crippen LogP contribution in [0.2, 0.25) is 0 Å². The van der Waals surface area contributed by atoms with Crippen LogP contribution in [-0.4, -0.2) is 9.97 Å². The minimum atomic E-state index is 0.719. The van der Waals surface area contributed by atoms with Gasteiger partial charge in [-0.25, -0.2) is 9.97 Å². The van der Waals surface area contributed by atoms with E-state index in [0.29, 0.717) is 0 Å². The molecule has 0 atom stereocenters. The average Bonchev–Trinajstić information content (AvgIpc) is 2.54. The lowest BCUT2D eigenvalue weighted by Gasteiger charge is -2.08. The van der Waals surface area contributed by atoms with Crippen molar-refractivity contribution >= 4 is 22.1 Å². The molecule has 0 saturated carbocycles. The van der Waals surface area contributed by atoms with Crippen LogP contribution in [0.25, 0.3) is 22.1 Å². The number of hydrogen-bond donors (Lipinski definition) is 0. The first kappa shape index (κ1) is 11.9. The Morgan fingerprint density at radius 2 is 1.24 bits per heavy atom. The second-order valence-corrected chi connectivity index (χ2v) is 4.75. The molecule has 0 amide bonds. The molecule has 0 N–H and O–H groups in total. The Kier molecular flexibility index (Phi) is 2.75. The van der Waals surface area contributed by atoms with Gasteiger partial charge in [0.05, 0.1) is 16.6 Å². The Bertz CT molecular complexity index is 920. The fourth-order valence-corrected chi connectivity index (χ4v) is 2.31. The van der Waals surface area contributed by atoms with E-state index in [9.17, 15) is 0 Å². The summed E-state index contributed by atoms with van der Waals surface area (Å²) in [5.74, 6) is 1.51. The molecule has 0 spiro atoms. The number of ether oxygens (including phenoxy) is 1. The van der Waals surface area contributed by atoms with Crippen LogP contribution in [0.5, 0.6) is 11.5 Å². The zero-order valence-electron chi connectivity index (χ0n) is 11.2. The fraction of sp³-hybridized carbons (Fsp3) is 0. The van der Waals surface area contributed by atoms with Crippen LogP contribution in [0, 0.1) is 0 Å². The summed E-state index contributed by atoms with van der Waals surface area (Å²) in [7, 11) is 0. The minimum absolute atomic E-state index is 0.719. The van der Waals surface area contributed by atoms with Gasteiger partial charge in [0.15, 0.2) is 5.75 Å². The van der Waals surface area contributed by atoms with Gasteiger partial charge in [-0.15, -0.1) is 0 Å². The summed E-state index contributed by atoms with van der Waals surface area (Å²) in [5.41, 5.74) is 3.37. The van der Waals surface area contributed by atoms with Crippen LogP contribution in [0.3, 0.4) is 0 Å². The Hall–Kier alpha value is -2.94. The van der Waals surface area contributed by atoms with Crippen LogP contribution in [0.1, 0.15) is 0 Å². The number of para-hydroxylation sites is 4. The molecule has 0 bridgehead atoms. The van der Waals surface area contributed by atoms with Crippen molar-refractivity contribution in [2.45, 2.75) is 0 Å². The van der Waals surface area contributed by atoms with Crippen LogP contribution >= 0.6 is 0 Å². The molecule has 0 aliphatic rings. The van der Waals surface area contributed by atoms with Gasteiger partial charge in [0, 0.05) is 0 Å². The highest BCUT2D eigenvalue weighted by molar-refractivity contribution is 5.89. The molecule has 1 aromatic heterocycles. The van der Waals surface area contributed by atoms with Crippen LogP contribution in [-0.2, 0) is 0 Å². The first-order valence-corrected chi connectivity index (χ1v) is 6.78. The zero-order chi connectivity index (χ0) is 14.1. The molecule has 0 aliphatic heterocycles. The largest absolute Gasteiger partial charge is 0.455 e. The van der Waals surface area contributed by atoms with Gasteiger partial charge in [-0.3, -0.25) is 0 Å². The maximum atomic E-state index is 5.94. The van der Waals surface area contributed by atoms with Gasteiger partial charge in [0.2, 0.25) is 0 Å². The molecule has 3 nitrogen and oxygen atoms in total. The highest BCUT2D eigenvalue weighted by Crippen LogP contribution is 2.28. The monoisotopic (exact) mass is 272 g/mol. The Labute approximate surface area is 121 Å². The Morgan fingerprint density at radius 3 is 2.05 bits per heavy atom. The van der Waals surface area contributed by atoms with Gasteiger partial charge in [-0.2, -0.15) is 0 Å². The SMILES string of the molecule is c1ccc(Oc2cccc3nc4ccccc4nc23)cc1. The van der Waals surface area contributed by atoms with Gasteiger partial charge in [-0.1, -0.05) is 36.4 Å². The summed E-state index contributed by atoms with van der Waals surface area (Å²) < 4.78 is 5.94. The molecular formula is C18H12N2O. The molecule has 4 rings (SSSR count). The van der Waals surface area contributed by atoms with E-state index in [0.717, 1.165) is 33.6 Å². The third-order valence-electron chi connectivity index (χ3n) is 3.30. The predicted molar refractivity (Wildman–Crippen MR) is 83.6 cm³/mol. The molecule has 100 valence electrons. The molecule has 0 aliphatic carbocycles. The smallest absolute Gasteiger partial charge is 0.155 e. The molecular weight excluding hydrogens is 260 g/mol. The summed E-state index contributed by atoms with van der Waals surface area (Å²) in [4.78, 5) is 9.32. The van der Waals surface area contributed by atoms with Crippen molar-refractivity contribution in [1.82, 2.24) is 9.97 Å². The van der Waals surface area contributed by atoms with Crippen molar-refractivity contribution in [2.24, 2.45) is 0 Å². The summed E-state index contributed by atoms with van der Waals surface area (Å²) in [6.45, 7) is 0. The highest BCUT2D eigenvalue weighted by Gasteiger charge is 2.07. The zero-order valence-corrected chi connectivity index (χ0v) is 11.2. The van der Waals surface area contributed by atoms with E-state index >= 15 is 0 Å². The summed E-state index contributed by atoms with van der Waals surface area (Å²) >= 11 is 0. The molecule has 0 radical (unpaired) electrons. The number of rotatable bonds is 2. The lowest BCUT2D eigenvalue weighted by atomic mass is 10.2. The molecule has 3 aromatic carbocycles. The third-order valence-corrected chi connectivity index (χ3v) is 3.30. The topological polar surface area (TPSA) is 35.0 Å². The third kappa shape index (κ3) is 2.19. The number of nitrogens with zero attached hydrogens (tertiary/aromatic N) is 2. The van der Waals surface area contributed by atoms with Crippen molar-refractivity contribution < 1.29 is 4.74 Å². The maximum absolute atomic E-state index is 5.94. The lowest BCUT2D eigenvalue weighted by Crippen LogP contribution is -1.91. The van der Waals surface area contributed by atoms with Crippen LogP contribution in [0.4, 0.5) is 0 Å². The fourth-order valence-electron chi connectivity index (χ4n) is 2.31. The van der Waals surface area contributed by atoms with Crippen molar-refractivity contribution in [3.63, 3.8) is 0 Å². The van der Waals surface area contributed by atoms with E-state index in [1.165, 1.54) is 0 Å². The van der Waals surface area contributed by atoms with Crippen molar-refractivity contribution in [1.29, 1.82) is 0 Å². The highest BCUT2D eigenvalue weighted by atomic mass is 16.5. The average molecular weight is 272 g/mol. The molecule has 3 heteroatoms. The van der Waals surface area contributed by atoms with Crippen LogP contribution in [0.15, 0.2) is 72.8 Å². The van der Waals surface area contributed by atoms with Crippen molar-refractivity contribution in [2.75, 3.05) is 0 Å². The Balaban J connectivity index is 1.90. The van der Waals surface area contributed by atoms with Gasteiger partial charge in [-0.05, 0) is 36.4 Å². The van der Waals surface area contributed by atoms with E-state index in [1.54, 1.807) is 0 Å². The van der Waals surface area contributed by atoms with Gasteiger partial charge >= 0.3 is 0 Å². The maximum Gasteiger partial charge on any atom is 0.155 e. The second kappa shape index (κ2) is 4.87. The molecule has 0 fully saturated rings. The Morgan fingerprint density at radius 1 is 0.571 bits per heavy atom. The van der Waals surface area contributed by atoms with Crippen molar-refractivity contribution in [3.8, 4) is 11.5 Å². The predicted octanol–water partition coefficient (Wildman–Crippen LogP) is 4.58. The molecule has 0 unspecified atom stereocenters. The summed E-state index contributed by atoms with van der Waals surface area (Å²) in [6.07, 6.45) is 0. The van der Waals surface area contributed by atoms with E-state index in [2.05, 4.69) is 9.97 Å². The number of hydrogen-bond acceptors (Lipinski definition) is 3. The summed E-state index contributed by atoms with van der Waals surface area (Å²) in [6, 6.07) is 23.4. The van der Waals surface area contributed by atoms with E-state index in [1.807, 2.05) is 72.8 Å². The molecule has 4 aromatic rings. The van der Waals surface area contributed by atoms with Gasteiger partial charge in [0.1, 0.15) is 11.3 Å². The standard InChI is InChI=1S/C18H12N2O/c1-2-7-13(8-3-1)21-17-12-6-11-16-18(17)20-15-10-5-4-9-14(15)19-16/h1-12H. The first-order chi connectivity index (χ1) is 10.4. The number of benzene rings is 3. The lowest BCUT2D eigenvalue weighted by molar-refractivity contribution is 0.487. The molecule has 21 heavy (non-hydrogen) atoms. The second-order valence-electron chi connectivity index (χ2n) is 4.75. The number of fused-ring (bicyclic) bond motifs is 2. The number of aromatic nitrogens is 2. The van der Waals surface area contributed by atoms with Crippen molar-refractivity contribution in [3.05, 3.63) is 72.8 Å². The van der Waals surface area contributed by atoms with E-state index in [-0.39, 0.29) is 0 Å². The normalized spacial score (nSPS) is 10.9.